The fourth-order valence-electron chi connectivity index (χ4n) is 1.01. The van der Waals surface area contributed by atoms with Crippen LogP contribution in [0, 0.1) is 17.8 Å². The van der Waals surface area contributed by atoms with Crippen LogP contribution in [0.3, 0.4) is 0 Å². The van der Waals surface area contributed by atoms with Crippen LogP contribution in [0.1, 0.15) is 33.3 Å². The summed E-state index contributed by atoms with van der Waals surface area (Å²) in [5.41, 5.74) is 1.02. The minimum Gasteiger partial charge on any atom is -0.490 e. The summed E-state index contributed by atoms with van der Waals surface area (Å²) in [4.78, 5) is 0. The van der Waals surface area contributed by atoms with E-state index < -0.39 is 0 Å². The van der Waals surface area contributed by atoms with Crippen LogP contribution in [0.2, 0.25) is 0 Å². The second-order valence-electron chi connectivity index (χ2n) is 4.79. The summed E-state index contributed by atoms with van der Waals surface area (Å²) in [6.07, 6.45) is 5.45. The highest BCUT2D eigenvalue weighted by molar-refractivity contribution is 5.36. The molecule has 1 nitrogen and oxygen atoms in total. The number of terminal acetylenes is 1. The van der Waals surface area contributed by atoms with Gasteiger partial charge in [0, 0.05) is 5.56 Å². The molecule has 1 atom stereocenters. The lowest BCUT2D eigenvalue weighted by atomic mass is 9.90. The molecule has 0 saturated carbocycles. The van der Waals surface area contributed by atoms with Crippen LogP contribution in [-0.2, 0) is 0 Å². The Morgan fingerprint density at radius 2 is 1.73 bits per heavy atom. The van der Waals surface area contributed by atoms with Gasteiger partial charge in [-0.3, -0.25) is 0 Å². The third kappa shape index (κ3) is 3.32. The van der Waals surface area contributed by atoms with Gasteiger partial charge in [0.1, 0.15) is 11.9 Å². The van der Waals surface area contributed by atoms with Gasteiger partial charge in [0.15, 0.2) is 0 Å². The van der Waals surface area contributed by atoms with Crippen LogP contribution in [0.25, 0.3) is 0 Å². The van der Waals surface area contributed by atoms with E-state index in [1.54, 1.807) is 0 Å². The van der Waals surface area contributed by atoms with Gasteiger partial charge in [-0.25, -0.2) is 0 Å². The summed E-state index contributed by atoms with van der Waals surface area (Å²) in [6, 6.07) is 7.62. The maximum Gasteiger partial charge on any atom is 0.119 e. The molecule has 0 aliphatic carbocycles. The van der Waals surface area contributed by atoms with Crippen LogP contribution in [0.5, 0.6) is 5.75 Å². The molecule has 0 radical (unpaired) electrons. The predicted octanol–water partition coefficient (Wildman–Crippen LogP) is 3.48. The van der Waals surface area contributed by atoms with Crippen molar-refractivity contribution in [1.82, 2.24) is 0 Å². The van der Waals surface area contributed by atoms with Crippen LogP contribution < -0.4 is 4.74 Å². The first-order valence-corrected chi connectivity index (χ1v) is 5.17. The highest BCUT2D eigenvalue weighted by Crippen LogP contribution is 2.24. The first-order valence-electron chi connectivity index (χ1n) is 5.17. The molecule has 0 N–H and O–H groups in total. The second kappa shape index (κ2) is 4.40. The molecule has 0 fully saturated rings. The Morgan fingerprint density at radius 1 is 1.20 bits per heavy atom. The van der Waals surface area contributed by atoms with E-state index in [0.29, 0.717) is 0 Å². The van der Waals surface area contributed by atoms with Crippen LogP contribution >= 0.6 is 0 Å². The SMILES string of the molecule is C#Cc1ccc(O[C@@H](C)C(C)(C)C)cc1. The van der Waals surface area contributed by atoms with Gasteiger partial charge in [-0.2, -0.15) is 0 Å². The maximum absolute atomic E-state index is 5.81. The predicted molar refractivity (Wildman–Crippen MR) is 63.9 cm³/mol. The molecule has 1 rings (SSSR count). The molecule has 0 bridgehead atoms. The van der Waals surface area contributed by atoms with Gasteiger partial charge in [0.2, 0.25) is 0 Å². The molecule has 0 spiro atoms. The van der Waals surface area contributed by atoms with Crippen LogP contribution in [0.15, 0.2) is 24.3 Å². The molecule has 80 valence electrons. The summed E-state index contributed by atoms with van der Waals surface area (Å²) in [5, 5.41) is 0. The fourth-order valence-corrected chi connectivity index (χ4v) is 1.01. The zero-order valence-corrected chi connectivity index (χ0v) is 9.87. The molecule has 0 aliphatic rings. The van der Waals surface area contributed by atoms with Gasteiger partial charge in [0.25, 0.3) is 0 Å². The Balaban J connectivity index is 2.70. The molecule has 1 aromatic rings. The first-order chi connectivity index (χ1) is 6.93. The van der Waals surface area contributed by atoms with Crippen molar-refractivity contribution in [3.8, 4) is 18.1 Å². The van der Waals surface area contributed by atoms with E-state index in [-0.39, 0.29) is 11.5 Å². The summed E-state index contributed by atoms with van der Waals surface area (Å²) in [7, 11) is 0. The van der Waals surface area contributed by atoms with Crippen molar-refractivity contribution in [3.05, 3.63) is 29.8 Å². The van der Waals surface area contributed by atoms with E-state index in [4.69, 9.17) is 11.2 Å². The molecule has 0 amide bonds. The Morgan fingerprint density at radius 3 is 2.13 bits per heavy atom. The molecule has 0 unspecified atom stereocenters. The zero-order valence-electron chi connectivity index (χ0n) is 9.87. The lowest BCUT2D eigenvalue weighted by molar-refractivity contribution is 0.103. The minimum absolute atomic E-state index is 0.144. The molecule has 1 heteroatoms. The van der Waals surface area contributed by atoms with Gasteiger partial charge in [-0.05, 0) is 36.6 Å². The number of hydrogen-bond acceptors (Lipinski definition) is 1. The third-order valence-electron chi connectivity index (χ3n) is 2.55. The van der Waals surface area contributed by atoms with E-state index in [0.717, 1.165) is 11.3 Å². The van der Waals surface area contributed by atoms with E-state index in [9.17, 15) is 0 Å². The smallest absolute Gasteiger partial charge is 0.119 e. The largest absolute Gasteiger partial charge is 0.490 e. The summed E-state index contributed by atoms with van der Waals surface area (Å²) in [5.74, 6) is 3.45. The Kier molecular flexibility index (Phi) is 3.42. The molecule has 0 saturated heterocycles. The molecular formula is C14H18O. The highest BCUT2D eigenvalue weighted by Gasteiger charge is 2.21. The van der Waals surface area contributed by atoms with Crippen LogP contribution in [-0.4, -0.2) is 6.10 Å². The number of rotatable bonds is 2. The van der Waals surface area contributed by atoms with Crippen molar-refractivity contribution < 1.29 is 4.74 Å². The van der Waals surface area contributed by atoms with Crippen molar-refractivity contribution >= 4 is 0 Å². The van der Waals surface area contributed by atoms with E-state index in [1.165, 1.54) is 0 Å². The highest BCUT2D eigenvalue weighted by atomic mass is 16.5. The zero-order chi connectivity index (χ0) is 11.5. The maximum atomic E-state index is 5.81. The molecule has 15 heavy (non-hydrogen) atoms. The third-order valence-corrected chi connectivity index (χ3v) is 2.55. The van der Waals surface area contributed by atoms with Gasteiger partial charge < -0.3 is 4.74 Å². The number of benzene rings is 1. The molecule has 0 heterocycles. The molecule has 1 aromatic carbocycles. The standard InChI is InChI=1S/C14H18O/c1-6-12-7-9-13(10-8-12)15-11(2)14(3,4)5/h1,7-11H,2-5H3/t11-/m0/s1. The van der Waals surface area contributed by atoms with Gasteiger partial charge in [-0.15, -0.1) is 6.42 Å². The summed E-state index contributed by atoms with van der Waals surface area (Å²) in [6.45, 7) is 8.56. The van der Waals surface area contributed by atoms with Crippen molar-refractivity contribution in [2.24, 2.45) is 5.41 Å². The summed E-state index contributed by atoms with van der Waals surface area (Å²) >= 11 is 0. The van der Waals surface area contributed by atoms with E-state index in [2.05, 4.69) is 33.6 Å². The van der Waals surface area contributed by atoms with Crippen molar-refractivity contribution in [3.63, 3.8) is 0 Å². The quantitative estimate of drug-likeness (QED) is 0.667. The second-order valence-corrected chi connectivity index (χ2v) is 4.79. The van der Waals surface area contributed by atoms with Gasteiger partial charge in [0.05, 0.1) is 0 Å². The Labute approximate surface area is 92.5 Å². The lowest BCUT2D eigenvalue weighted by Gasteiger charge is -2.27. The monoisotopic (exact) mass is 202 g/mol. The van der Waals surface area contributed by atoms with E-state index >= 15 is 0 Å². The van der Waals surface area contributed by atoms with Crippen molar-refractivity contribution in [2.45, 2.75) is 33.8 Å². The first kappa shape index (κ1) is 11.7. The van der Waals surface area contributed by atoms with Gasteiger partial charge >= 0.3 is 0 Å². The topological polar surface area (TPSA) is 9.23 Å². The normalized spacial score (nSPS) is 13.0. The lowest BCUT2D eigenvalue weighted by Crippen LogP contribution is -2.28. The molecule has 0 aromatic heterocycles. The van der Waals surface area contributed by atoms with Gasteiger partial charge in [-0.1, -0.05) is 26.7 Å². The molecule has 0 aliphatic heterocycles. The summed E-state index contributed by atoms with van der Waals surface area (Å²) < 4.78 is 5.81. The van der Waals surface area contributed by atoms with E-state index in [1.807, 2.05) is 24.3 Å². The van der Waals surface area contributed by atoms with Crippen LogP contribution in [0.4, 0.5) is 0 Å². The Bertz CT molecular complexity index is 348. The Hall–Kier alpha value is -1.42. The fraction of sp³-hybridized carbons (Fsp3) is 0.429. The van der Waals surface area contributed by atoms with Crippen molar-refractivity contribution in [2.75, 3.05) is 0 Å². The average Bonchev–Trinajstić information content (AvgIpc) is 2.17. The van der Waals surface area contributed by atoms with Crippen molar-refractivity contribution in [1.29, 1.82) is 0 Å². The minimum atomic E-state index is 0.144. The molecular weight excluding hydrogens is 184 g/mol. The number of hydrogen-bond donors (Lipinski definition) is 0. The average molecular weight is 202 g/mol. The number of ether oxygens (including phenoxy) is 1.